The highest BCUT2D eigenvalue weighted by atomic mass is 16.1. The highest BCUT2D eigenvalue weighted by Crippen LogP contribution is 2.48. The molecule has 3 aromatic rings. The molecule has 0 bridgehead atoms. The predicted octanol–water partition coefficient (Wildman–Crippen LogP) is 4.29. The summed E-state index contributed by atoms with van der Waals surface area (Å²) >= 11 is 0. The van der Waals surface area contributed by atoms with E-state index in [1.54, 1.807) is 0 Å². The van der Waals surface area contributed by atoms with Crippen LogP contribution in [0.15, 0.2) is 36.5 Å². The summed E-state index contributed by atoms with van der Waals surface area (Å²) in [6.45, 7) is 2.27. The van der Waals surface area contributed by atoms with E-state index in [0.717, 1.165) is 61.1 Å². The lowest BCUT2D eigenvalue weighted by Gasteiger charge is -2.27. The number of primary amides is 1. The van der Waals surface area contributed by atoms with E-state index in [9.17, 15) is 4.79 Å². The minimum atomic E-state index is -0.561. The Hall–Kier alpha value is -2.95. The van der Waals surface area contributed by atoms with Gasteiger partial charge >= 0.3 is 0 Å². The summed E-state index contributed by atoms with van der Waals surface area (Å²) in [7, 11) is 0. The number of fused-ring (bicyclic) bond motifs is 2. The molecular formula is C26H28N4O. The number of nitrogens with two attached hydrogens (primary N) is 1. The molecule has 0 radical (unpaired) electrons. The maximum absolute atomic E-state index is 12.0. The van der Waals surface area contributed by atoms with Crippen LogP contribution in [0.3, 0.4) is 0 Å². The van der Waals surface area contributed by atoms with Gasteiger partial charge in [-0.1, -0.05) is 6.07 Å². The van der Waals surface area contributed by atoms with Crippen LogP contribution in [-0.2, 0) is 23.1 Å². The lowest BCUT2D eigenvalue weighted by Crippen LogP contribution is -2.29. The van der Waals surface area contributed by atoms with E-state index in [-0.39, 0.29) is 5.91 Å². The number of aromatic nitrogens is 2. The molecule has 158 valence electrons. The minimum absolute atomic E-state index is 0.261. The van der Waals surface area contributed by atoms with Crippen molar-refractivity contribution in [3.8, 4) is 11.1 Å². The van der Waals surface area contributed by atoms with E-state index in [4.69, 9.17) is 10.7 Å². The zero-order valence-corrected chi connectivity index (χ0v) is 17.9. The van der Waals surface area contributed by atoms with Crippen molar-refractivity contribution in [2.24, 2.45) is 5.73 Å². The van der Waals surface area contributed by atoms with Gasteiger partial charge in [0.2, 0.25) is 5.91 Å². The van der Waals surface area contributed by atoms with Crippen LogP contribution in [0, 0.1) is 0 Å². The topological polar surface area (TPSA) is 72.1 Å². The van der Waals surface area contributed by atoms with Gasteiger partial charge < -0.3 is 10.6 Å². The molecule has 0 unspecified atom stereocenters. The largest absolute Gasteiger partial charge is 0.371 e. The van der Waals surface area contributed by atoms with Crippen LogP contribution < -0.4 is 10.6 Å². The third-order valence-electron chi connectivity index (χ3n) is 7.46. The lowest BCUT2D eigenvalue weighted by molar-refractivity contribution is -0.120. The first-order valence-electron chi connectivity index (χ1n) is 11.6. The molecule has 1 aromatic carbocycles. The number of benzene rings is 1. The van der Waals surface area contributed by atoms with Crippen LogP contribution in [0.1, 0.15) is 55.5 Å². The molecule has 31 heavy (non-hydrogen) atoms. The first kappa shape index (κ1) is 18.8. The van der Waals surface area contributed by atoms with E-state index in [2.05, 4.69) is 34.1 Å². The second kappa shape index (κ2) is 7.04. The Labute approximate surface area is 182 Å². The van der Waals surface area contributed by atoms with Crippen molar-refractivity contribution in [3.05, 3.63) is 53.5 Å². The number of anilines is 1. The van der Waals surface area contributed by atoms with Crippen LogP contribution in [0.25, 0.3) is 22.0 Å². The lowest BCUT2D eigenvalue weighted by atomic mass is 9.91. The molecule has 2 fully saturated rings. The quantitative estimate of drug-likeness (QED) is 0.694. The molecule has 0 spiro atoms. The summed E-state index contributed by atoms with van der Waals surface area (Å²) in [5.74, 6) is -0.261. The molecule has 2 N–H and O–H groups in total. The Bertz CT molecular complexity index is 1190. The second-order valence-electron chi connectivity index (χ2n) is 9.39. The van der Waals surface area contributed by atoms with Crippen LogP contribution in [0.5, 0.6) is 0 Å². The molecule has 1 aliphatic heterocycles. The predicted molar refractivity (Wildman–Crippen MR) is 123 cm³/mol. The van der Waals surface area contributed by atoms with Crippen molar-refractivity contribution in [2.45, 2.75) is 56.8 Å². The first-order chi connectivity index (χ1) is 15.2. The van der Waals surface area contributed by atoms with Crippen molar-refractivity contribution >= 4 is 22.5 Å². The van der Waals surface area contributed by atoms with Gasteiger partial charge in [0.25, 0.3) is 0 Å². The number of aryl methyl sites for hydroxylation is 1. The second-order valence-corrected chi connectivity index (χ2v) is 9.39. The summed E-state index contributed by atoms with van der Waals surface area (Å²) in [5, 5.41) is 1.26. The standard InChI is InChI=1S/C26H28N4O/c27-25(31)26(10-11-26)23-16-18(9-12-28-23)17-7-8-22-20(15-17)24(30-13-3-4-14-30)19-5-1-2-6-21(19)29-22/h7-9,12,15-16H,1-6,10-11,13-14H2,(H2,27,31). The highest BCUT2D eigenvalue weighted by Gasteiger charge is 2.51. The highest BCUT2D eigenvalue weighted by molar-refractivity contribution is 5.97. The summed E-state index contributed by atoms with van der Waals surface area (Å²) in [6, 6.07) is 10.7. The number of carbonyl (C=O) groups is 1. The van der Waals surface area contributed by atoms with Crippen molar-refractivity contribution in [1.29, 1.82) is 0 Å². The molecule has 1 saturated heterocycles. The number of amides is 1. The van der Waals surface area contributed by atoms with Gasteiger partial charge in [-0.2, -0.15) is 0 Å². The minimum Gasteiger partial charge on any atom is -0.371 e. The SMILES string of the molecule is NC(=O)C1(c2cc(-c3ccc4nc5c(c(N6CCCC6)c4c3)CCCC5)ccn2)CC1. The maximum atomic E-state index is 12.0. The average molecular weight is 413 g/mol. The van der Waals surface area contributed by atoms with Gasteiger partial charge in [-0.3, -0.25) is 14.8 Å². The smallest absolute Gasteiger partial charge is 0.229 e. The van der Waals surface area contributed by atoms with Crippen LogP contribution >= 0.6 is 0 Å². The van der Waals surface area contributed by atoms with Gasteiger partial charge in [0.05, 0.1) is 22.3 Å². The zero-order valence-electron chi connectivity index (χ0n) is 17.9. The van der Waals surface area contributed by atoms with Crippen molar-refractivity contribution in [3.63, 3.8) is 0 Å². The van der Waals surface area contributed by atoms with E-state index < -0.39 is 5.41 Å². The van der Waals surface area contributed by atoms with Crippen molar-refractivity contribution < 1.29 is 4.79 Å². The number of pyridine rings is 2. The Morgan fingerprint density at radius 1 is 0.968 bits per heavy atom. The average Bonchev–Trinajstić information content (AvgIpc) is 3.46. The molecule has 6 rings (SSSR count). The van der Waals surface area contributed by atoms with E-state index in [1.807, 2.05) is 12.3 Å². The Morgan fingerprint density at radius 2 is 1.74 bits per heavy atom. The molecule has 3 aliphatic rings. The van der Waals surface area contributed by atoms with E-state index in [0.29, 0.717) is 0 Å². The fraction of sp³-hybridized carbons (Fsp3) is 0.423. The van der Waals surface area contributed by atoms with Gasteiger partial charge in [0, 0.05) is 30.4 Å². The Morgan fingerprint density at radius 3 is 2.52 bits per heavy atom. The summed E-state index contributed by atoms with van der Waals surface area (Å²) < 4.78 is 0. The number of carbonyl (C=O) groups excluding carboxylic acids is 1. The Kier molecular flexibility index (Phi) is 4.27. The fourth-order valence-corrected chi connectivity index (χ4v) is 5.51. The molecular weight excluding hydrogens is 384 g/mol. The zero-order chi connectivity index (χ0) is 21.0. The van der Waals surface area contributed by atoms with Crippen LogP contribution in [-0.4, -0.2) is 29.0 Å². The van der Waals surface area contributed by atoms with Crippen molar-refractivity contribution in [2.75, 3.05) is 18.0 Å². The first-order valence-corrected chi connectivity index (χ1v) is 11.6. The maximum Gasteiger partial charge on any atom is 0.229 e. The van der Waals surface area contributed by atoms with Crippen LogP contribution in [0.2, 0.25) is 0 Å². The number of hydrogen-bond donors (Lipinski definition) is 1. The van der Waals surface area contributed by atoms with Gasteiger partial charge in [0.15, 0.2) is 0 Å². The Balaban J connectivity index is 1.50. The monoisotopic (exact) mass is 412 g/mol. The normalized spacial score (nSPS) is 19.4. The number of nitrogens with zero attached hydrogens (tertiary/aromatic N) is 3. The van der Waals surface area contributed by atoms with Crippen molar-refractivity contribution in [1.82, 2.24) is 9.97 Å². The third kappa shape index (κ3) is 3.01. The van der Waals surface area contributed by atoms with Gasteiger partial charge in [-0.25, -0.2) is 0 Å². The molecule has 1 amide bonds. The molecule has 5 heteroatoms. The van der Waals surface area contributed by atoms with Gasteiger partial charge in [-0.15, -0.1) is 0 Å². The van der Waals surface area contributed by atoms with Gasteiger partial charge in [-0.05, 0) is 92.3 Å². The summed E-state index contributed by atoms with van der Waals surface area (Å²) in [4.78, 5) is 24.2. The number of hydrogen-bond acceptors (Lipinski definition) is 4. The van der Waals surface area contributed by atoms with E-state index >= 15 is 0 Å². The molecule has 2 aromatic heterocycles. The molecule has 2 aliphatic carbocycles. The molecule has 3 heterocycles. The van der Waals surface area contributed by atoms with Gasteiger partial charge in [0.1, 0.15) is 0 Å². The van der Waals surface area contributed by atoms with Crippen LogP contribution in [0.4, 0.5) is 5.69 Å². The third-order valence-corrected chi connectivity index (χ3v) is 7.46. The summed E-state index contributed by atoms with van der Waals surface area (Å²) in [5.41, 5.74) is 13.5. The number of rotatable bonds is 4. The summed E-state index contributed by atoms with van der Waals surface area (Å²) in [6.07, 6.45) is 10.7. The van der Waals surface area contributed by atoms with E-state index in [1.165, 1.54) is 48.0 Å². The molecule has 0 atom stereocenters. The fourth-order valence-electron chi connectivity index (χ4n) is 5.51. The molecule has 5 nitrogen and oxygen atoms in total. The molecule has 1 saturated carbocycles.